The van der Waals surface area contributed by atoms with Crippen LogP contribution in [-0.2, 0) is 4.79 Å². The molecule has 0 aromatic heterocycles. The third-order valence-electron chi connectivity index (χ3n) is 2.57. The maximum atomic E-state index is 13.0. The summed E-state index contributed by atoms with van der Waals surface area (Å²) >= 11 is 0. The minimum Gasteiger partial charge on any atom is -0.495 e. The molecule has 0 aliphatic carbocycles. The van der Waals surface area contributed by atoms with Gasteiger partial charge in [0.05, 0.1) is 18.7 Å². The van der Waals surface area contributed by atoms with Crippen LogP contribution in [0.15, 0.2) is 18.2 Å². The van der Waals surface area contributed by atoms with Crippen molar-refractivity contribution < 1.29 is 13.9 Å². The van der Waals surface area contributed by atoms with Crippen LogP contribution in [0.1, 0.15) is 0 Å². The summed E-state index contributed by atoms with van der Waals surface area (Å²) in [5.41, 5.74) is 0.374. The number of carbonyl (C=O) groups is 1. The Balaban J connectivity index is 2.12. The number of hydrogen-bond donors (Lipinski definition) is 2. The maximum Gasteiger partial charge on any atom is 0.230 e. The average Bonchev–Trinajstić information content (AvgIpc) is 2.15. The van der Waals surface area contributed by atoms with E-state index in [0.29, 0.717) is 24.5 Å². The number of carbonyl (C=O) groups excluding carboxylic acids is 1. The van der Waals surface area contributed by atoms with Gasteiger partial charge in [0.2, 0.25) is 5.91 Å². The maximum absolute atomic E-state index is 13.0. The van der Waals surface area contributed by atoms with Gasteiger partial charge in [0.15, 0.2) is 0 Å². The predicted molar refractivity (Wildman–Crippen MR) is 57.9 cm³/mol. The van der Waals surface area contributed by atoms with Crippen molar-refractivity contribution in [3.63, 3.8) is 0 Å². The lowest BCUT2D eigenvalue weighted by Gasteiger charge is -2.26. The number of anilines is 1. The first-order valence-corrected chi connectivity index (χ1v) is 5.06. The van der Waals surface area contributed by atoms with Gasteiger partial charge in [0, 0.05) is 19.2 Å². The van der Waals surface area contributed by atoms with Crippen LogP contribution in [0.3, 0.4) is 0 Å². The van der Waals surface area contributed by atoms with Gasteiger partial charge in [-0.2, -0.15) is 0 Å². The minimum absolute atomic E-state index is 0.0343. The number of methoxy groups -OCH3 is 1. The molecule has 0 atom stereocenters. The summed E-state index contributed by atoms with van der Waals surface area (Å²) in [5.74, 6) is -0.0829. The zero-order chi connectivity index (χ0) is 11.5. The van der Waals surface area contributed by atoms with Gasteiger partial charge in [0.25, 0.3) is 0 Å². The molecule has 1 aliphatic heterocycles. The van der Waals surface area contributed by atoms with Gasteiger partial charge in [-0.1, -0.05) is 0 Å². The Morgan fingerprint density at radius 2 is 2.31 bits per heavy atom. The van der Waals surface area contributed by atoms with Crippen molar-refractivity contribution in [2.45, 2.75) is 0 Å². The number of benzene rings is 1. The van der Waals surface area contributed by atoms with Crippen LogP contribution in [0.5, 0.6) is 5.75 Å². The molecule has 1 aliphatic rings. The molecule has 0 saturated carbocycles. The third kappa shape index (κ3) is 2.14. The predicted octanol–water partition coefficient (Wildman–Crippen LogP) is 0.992. The molecular formula is C11H13FN2O2. The highest BCUT2D eigenvalue weighted by atomic mass is 19.1. The molecule has 0 radical (unpaired) electrons. The average molecular weight is 224 g/mol. The number of rotatable bonds is 3. The Labute approximate surface area is 92.8 Å². The van der Waals surface area contributed by atoms with Crippen molar-refractivity contribution in [3.8, 4) is 5.75 Å². The molecule has 86 valence electrons. The summed E-state index contributed by atoms with van der Waals surface area (Å²) in [6, 6.07) is 4.03. The molecular weight excluding hydrogens is 211 g/mol. The Kier molecular flexibility index (Phi) is 3.05. The van der Waals surface area contributed by atoms with Gasteiger partial charge < -0.3 is 15.4 Å². The molecule has 1 heterocycles. The monoisotopic (exact) mass is 224 g/mol. The van der Waals surface area contributed by atoms with Gasteiger partial charge in [-0.3, -0.25) is 4.79 Å². The zero-order valence-corrected chi connectivity index (χ0v) is 8.92. The Morgan fingerprint density at radius 1 is 1.56 bits per heavy atom. The van der Waals surface area contributed by atoms with Crippen LogP contribution < -0.4 is 15.4 Å². The van der Waals surface area contributed by atoms with E-state index in [4.69, 9.17) is 4.74 Å². The quantitative estimate of drug-likeness (QED) is 0.805. The highest BCUT2D eigenvalue weighted by molar-refractivity contribution is 5.94. The number of ether oxygens (including phenoxy) is 1. The van der Waals surface area contributed by atoms with Gasteiger partial charge in [0.1, 0.15) is 11.6 Å². The minimum atomic E-state index is -0.400. The summed E-state index contributed by atoms with van der Waals surface area (Å²) in [4.78, 5) is 11.6. The molecule has 1 aromatic rings. The number of amides is 1. The van der Waals surface area contributed by atoms with E-state index >= 15 is 0 Å². The first-order valence-electron chi connectivity index (χ1n) is 5.06. The molecule has 2 N–H and O–H groups in total. The van der Waals surface area contributed by atoms with Crippen LogP contribution in [0.4, 0.5) is 10.1 Å². The molecule has 1 fully saturated rings. The fraction of sp³-hybridized carbons (Fsp3) is 0.364. The second-order valence-electron chi connectivity index (χ2n) is 3.69. The van der Waals surface area contributed by atoms with Gasteiger partial charge in [-0.25, -0.2) is 4.39 Å². The SMILES string of the molecule is COc1ccc(F)cc1NC(=O)C1CNC1. The third-order valence-corrected chi connectivity index (χ3v) is 2.57. The summed E-state index contributed by atoms with van der Waals surface area (Å²) in [6.45, 7) is 1.34. The van der Waals surface area contributed by atoms with Crippen molar-refractivity contribution in [1.29, 1.82) is 0 Å². The number of nitrogens with one attached hydrogen (secondary N) is 2. The molecule has 16 heavy (non-hydrogen) atoms. The van der Waals surface area contributed by atoms with Crippen LogP contribution in [0.25, 0.3) is 0 Å². The fourth-order valence-corrected chi connectivity index (χ4v) is 1.49. The van der Waals surface area contributed by atoms with Crippen LogP contribution >= 0.6 is 0 Å². The van der Waals surface area contributed by atoms with Crippen molar-refractivity contribution in [3.05, 3.63) is 24.0 Å². The standard InChI is InChI=1S/C11H13FN2O2/c1-16-10-3-2-8(12)4-9(10)14-11(15)7-5-13-6-7/h2-4,7,13H,5-6H2,1H3,(H,14,15). The van der Waals surface area contributed by atoms with E-state index in [1.54, 1.807) is 0 Å². The molecule has 4 nitrogen and oxygen atoms in total. The van der Waals surface area contributed by atoms with Gasteiger partial charge >= 0.3 is 0 Å². The van der Waals surface area contributed by atoms with Crippen LogP contribution in [0.2, 0.25) is 0 Å². The first-order chi connectivity index (χ1) is 7.70. The molecule has 0 unspecified atom stereocenters. The van der Waals surface area contributed by atoms with E-state index in [1.807, 2.05) is 0 Å². The Hall–Kier alpha value is -1.62. The fourth-order valence-electron chi connectivity index (χ4n) is 1.49. The van der Waals surface area contributed by atoms with E-state index in [2.05, 4.69) is 10.6 Å². The summed E-state index contributed by atoms with van der Waals surface area (Å²) < 4.78 is 18.0. The van der Waals surface area contributed by atoms with Crippen molar-refractivity contribution >= 4 is 11.6 Å². The summed E-state index contributed by atoms with van der Waals surface area (Å²) in [7, 11) is 1.48. The number of hydrogen-bond acceptors (Lipinski definition) is 3. The second-order valence-corrected chi connectivity index (χ2v) is 3.69. The Bertz CT molecular complexity index is 405. The van der Waals surface area contributed by atoms with E-state index in [0.717, 1.165) is 0 Å². The van der Waals surface area contributed by atoms with Crippen molar-refractivity contribution in [2.24, 2.45) is 5.92 Å². The van der Waals surface area contributed by atoms with E-state index in [1.165, 1.54) is 25.3 Å². The molecule has 1 aromatic carbocycles. The zero-order valence-electron chi connectivity index (χ0n) is 8.92. The smallest absolute Gasteiger partial charge is 0.230 e. The first kappa shape index (κ1) is 10.9. The summed E-state index contributed by atoms with van der Waals surface area (Å²) in [6.07, 6.45) is 0. The normalized spacial score (nSPS) is 15.4. The molecule has 0 bridgehead atoms. The van der Waals surface area contributed by atoms with E-state index in [-0.39, 0.29) is 11.8 Å². The highest BCUT2D eigenvalue weighted by Gasteiger charge is 2.25. The topological polar surface area (TPSA) is 50.4 Å². The van der Waals surface area contributed by atoms with Crippen LogP contribution in [0, 0.1) is 11.7 Å². The highest BCUT2D eigenvalue weighted by Crippen LogP contribution is 2.25. The van der Waals surface area contributed by atoms with Gasteiger partial charge in [-0.05, 0) is 12.1 Å². The number of halogens is 1. The largest absolute Gasteiger partial charge is 0.495 e. The molecule has 1 saturated heterocycles. The molecule has 5 heteroatoms. The van der Waals surface area contributed by atoms with E-state index < -0.39 is 5.82 Å². The second kappa shape index (κ2) is 4.49. The molecule has 0 spiro atoms. The summed E-state index contributed by atoms with van der Waals surface area (Å²) in [5, 5.41) is 5.66. The molecule has 1 amide bonds. The Morgan fingerprint density at radius 3 is 2.88 bits per heavy atom. The van der Waals surface area contributed by atoms with Crippen LogP contribution in [-0.4, -0.2) is 26.1 Å². The lowest BCUT2D eigenvalue weighted by Crippen LogP contribution is -2.48. The lowest BCUT2D eigenvalue weighted by atomic mass is 10.0. The molecule has 2 rings (SSSR count). The van der Waals surface area contributed by atoms with Gasteiger partial charge in [-0.15, -0.1) is 0 Å². The van der Waals surface area contributed by atoms with E-state index in [9.17, 15) is 9.18 Å². The lowest BCUT2D eigenvalue weighted by molar-refractivity contribution is -0.121. The van der Waals surface area contributed by atoms with Crippen molar-refractivity contribution in [2.75, 3.05) is 25.5 Å². The van der Waals surface area contributed by atoms with Crippen molar-refractivity contribution in [1.82, 2.24) is 5.32 Å².